The van der Waals surface area contributed by atoms with E-state index in [0.717, 1.165) is 11.1 Å². The van der Waals surface area contributed by atoms with E-state index in [9.17, 15) is 9.00 Å². The van der Waals surface area contributed by atoms with Crippen LogP contribution in [0.1, 0.15) is 24.1 Å². The SMILES string of the molecule is CCO[C@@H]1OC(=O)[C@]2([S@@](=O)c3ccc(C)cc3)[C@H]1ON(C)[C@@H]2c1ccccc1. The van der Waals surface area contributed by atoms with E-state index >= 15 is 0 Å². The van der Waals surface area contributed by atoms with Crippen molar-refractivity contribution in [2.45, 2.75) is 41.9 Å². The number of cyclic esters (lactones) is 1. The van der Waals surface area contributed by atoms with Crippen molar-refractivity contribution in [2.24, 2.45) is 0 Å². The number of ether oxygens (including phenoxy) is 2. The summed E-state index contributed by atoms with van der Waals surface area (Å²) in [4.78, 5) is 19.9. The van der Waals surface area contributed by atoms with Gasteiger partial charge in [0.15, 0.2) is 6.10 Å². The molecule has 2 saturated heterocycles. The molecule has 2 heterocycles. The minimum Gasteiger partial charge on any atom is -0.431 e. The summed E-state index contributed by atoms with van der Waals surface area (Å²) in [7, 11) is 0.0303. The number of carbonyl (C=O) groups excluding carboxylic acids is 1. The zero-order chi connectivity index (χ0) is 19.9. The van der Waals surface area contributed by atoms with Crippen LogP contribution >= 0.6 is 0 Å². The van der Waals surface area contributed by atoms with E-state index in [0.29, 0.717) is 11.5 Å². The molecule has 4 rings (SSSR count). The second-order valence-electron chi connectivity index (χ2n) is 6.99. The van der Waals surface area contributed by atoms with Crippen molar-refractivity contribution < 1.29 is 23.3 Å². The molecule has 2 aromatic carbocycles. The van der Waals surface area contributed by atoms with E-state index in [2.05, 4.69) is 0 Å². The van der Waals surface area contributed by atoms with Gasteiger partial charge in [0.2, 0.25) is 11.0 Å². The number of rotatable bonds is 5. The number of esters is 1. The summed E-state index contributed by atoms with van der Waals surface area (Å²) in [6, 6.07) is 16.3. The molecule has 2 aromatic rings. The highest BCUT2D eigenvalue weighted by Gasteiger charge is 2.73. The van der Waals surface area contributed by atoms with Gasteiger partial charge in [0.05, 0.1) is 16.8 Å². The molecule has 5 atom stereocenters. The molecule has 0 radical (unpaired) electrons. The first-order chi connectivity index (χ1) is 13.5. The Balaban J connectivity index is 1.88. The monoisotopic (exact) mass is 401 g/mol. The molecule has 0 N–H and O–H groups in total. The Morgan fingerprint density at radius 3 is 2.46 bits per heavy atom. The van der Waals surface area contributed by atoms with Gasteiger partial charge in [0, 0.05) is 18.6 Å². The summed E-state index contributed by atoms with van der Waals surface area (Å²) in [6.07, 6.45) is -1.71. The van der Waals surface area contributed by atoms with Crippen LogP contribution in [0.25, 0.3) is 0 Å². The van der Waals surface area contributed by atoms with Gasteiger partial charge in [-0.25, -0.2) is 0 Å². The third-order valence-corrected chi connectivity index (χ3v) is 7.19. The predicted octanol–water partition coefficient (Wildman–Crippen LogP) is 2.75. The quantitative estimate of drug-likeness (QED) is 0.718. The van der Waals surface area contributed by atoms with Gasteiger partial charge in [-0.3, -0.25) is 13.8 Å². The number of hydrogen-bond donors (Lipinski definition) is 0. The van der Waals surface area contributed by atoms with E-state index in [1.807, 2.05) is 56.3 Å². The van der Waals surface area contributed by atoms with Gasteiger partial charge < -0.3 is 9.47 Å². The van der Waals surface area contributed by atoms with Crippen LogP contribution in [0.5, 0.6) is 0 Å². The second-order valence-corrected chi connectivity index (χ2v) is 8.67. The summed E-state index contributed by atoms with van der Waals surface area (Å²) in [6.45, 7) is 4.13. The standard InChI is InChI=1S/C21H23NO5S/c1-4-25-19-18-21(20(23)26-19,28(24)16-12-10-14(2)11-13-16)17(22(3)27-18)15-8-6-5-7-9-15/h5-13,17-19H,4H2,1-3H3/t17-,18+,19-,21-,28+/m1/s1. The summed E-state index contributed by atoms with van der Waals surface area (Å²) in [5, 5.41) is 1.61. The van der Waals surface area contributed by atoms with Crippen LogP contribution in [-0.2, 0) is 29.9 Å². The molecule has 2 aliphatic rings. The van der Waals surface area contributed by atoms with Crippen LogP contribution < -0.4 is 0 Å². The Bertz CT molecular complexity index is 887. The highest BCUT2D eigenvalue weighted by molar-refractivity contribution is 7.87. The van der Waals surface area contributed by atoms with Gasteiger partial charge in [0.25, 0.3) is 0 Å². The number of fused-ring (bicyclic) bond motifs is 1. The molecule has 0 bridgehead atoms. The third-order valence-electron chi connectivity index (χ3n) is 5.25. The van der Waals surface area contributed by atoms with Gasteiger partial charge in [-0.2, -0.15) is 5.06 Å². The van der Waals surface area contributed by atoms with Crippen molar-refractivity contribution in [3.63, 3.8) is 0 Å². The van der Waals surface area contributed by atoms with Crippen molar-refractivity contribution in [1.82, 2.24) is 5.06 Å². The first kappa shape index (κ1) is 19.3. The molecule has 0 spiro atoms. The van der Waals surface area contributed by atoms with Crippen molar-refractivity contribution in [1.29, 1.82) is 0 Å². The molecule has 2 fully saturated rings. The van der Waals surface area contributed by atoms with Crippen LogP contribution in [0.3, 0.4) is 0 Å². The molecule has 0 aromatic heterocycles. The third kappa shape index (κ3) is 2.81. The zero-order valence-corrected chi connectivity index (χ0v) is 16.8. The fourth-order valence-electron chi connectivity index (χ4n) is 4.00. The lowest BCUT2D eigenvalue weighted by molar-refractivity contribution is -0.225. The first-order valence-corrected chi connectivity index (χ1v) is 10.4. The highest BCUT2D eigenvalue weighted by atomic mass is 32.2. The highest BCUT2D eigenvalue weighted by Crippen LogP contribution is 2.53. The minimum atomic E-state index is -1.72. The molecule has 0 amide bonds. The molecular formula is C21H23NO5S. The lowest BCUT2D eigenvalue weighted by Gasteiger charge is -2.30. The van der Waals surface area contributed by atoms with Crippen LogP contribution in [0.2, 0.25) is 0 Å². The largest absolute Gasteiger partial charge is 0.431 e. The second kappa shape index (κ2) is 7.40. The molecule has 0 saturated carbocycles. The molecule has 0 aliphatic carbocycles. The number of benzene rings is 2. The van der Waals surface area contributed by atoms with E-state index in [-0.39, 0.29) is 0 Å². The number of hydroxylamine groups is 2. The summed E-state index contributed by atoms with van der Waals surface area (Å²) >= 11 is 0. The molecule has 2 aliphatic heterocycles. The van der Waals surface area contributed by atoms with Crippen LogP contribution in [0, 0.1) is 6.92 Å². The summed E-state index contributed by atoms with van der Waals surface area (Å²) in [5.74, 6) is -0.562. The van der Waals surface area contributed by atoms with E-state index in [1.165, 1.54) is 0 Å². The number of carbonyl (C=O) groups is 1. The van der Waals surface area contributed by atoms with Gasteiger partial charge in [-0.1, -0.05) is 48.0 Å². The normalized spacial score (nSPS) is 30.8. The molecule has 28 heavy (non-hydrogen) atoms. The van der Waals surface area contributed by atoms with Gasteiger partial charge in [-0.05, 0) is 31.5 Å². The van der Waals surface area contributed by atoms with Crippen LogP contribution in [0.15, 0.2) is 59.5 Å². The van der Waals surface area contributed by atoms with Gasteiger partial charge in [0.1, 0.15) is 0 Å². The maximum Gasteiger partial charge on any atom is 0.332 e. The number of aryl methyl sites for hydroxylation is 1. The van der Waals surface area contributed by atoms with Crippen molar-refractivity contribution >= 4 is 16.8 Å². The lowest BCUT2D eigenvalue weighted by Crippen LogP contribution is -2.51. The van der Waals surface area contributed by atoms with E-state index in [4.69, 9.17) is 14.3 Å². The Labute approximate surface area is 166 Å². The van der Waals surface area contributed by atoms with Gasteiger partial charge in [-0.15, -0.1) is 0 Å². The summed E-state index contributed by atoms with van der Waals surface area (Å²) < 4.78 is 23.6. The number of nitrogens with zero attached hydrogens (tertiary/aromatic N) is 1. The van der Waals surface area contributed by atoms with Crippen molar-refractivity contribution in [3.05, 3.63) is 65.7 Å². The van der Waals surface area contributed by atoms with Gasteiger partial charge >= 0.3 is 5.97 Å². The van der Waals surface area contributed by atoms with Crippen molar-refractivity contribution in [2.75, 3.05) is 13.7 Å². The zero-order valence-electron chi connectivity index (χ0n) is 16.0. The molecule has 148 valence electrons. The summed E-state index contributed by atoms with van der Waals surface area (Å²) in [5.41, 5.74) is 1.89. The Kier molecular flexibility index (Phi) is 5.09. The predicted molar refractivity (Wildman–Crippen MR) is 104 cm³/mol. The van der Waals surface area contributed by atoms with Crippen molar-refractivity contribution in [3.8, 4) is 0 Å². The molecule has 0 unspecified atom stereocenters. The molecule has 7 heteroatoms. The number of hydrogen-bond acceptors (Lipinski definition) is 6. The van der Waals surface area contributed by atoms with E-state index in [1.54, 1.807) is 24.2 Å². The van der Waals surface area contributed by atoms with E-state index < -0.39 is 40.0 Å². The average molecular weight is 401 g/mol. The topological polar surface area (TPSA) is 65.1 Å². The van der Waals surface area contributed by atoms with Crippen LogP contribution in [0.4, 0.5) is 0 Å². The Hall–Kier alpha value is -2.06. The Morgan fingerprint density at radius 1 is 1.14 bits per heavy atom. The Morgan fingerprint density at radius 2 is 1.82 bits per heavy atom. The fraction of sp³-hybridized carbons (Fsp3) is 0.381. The lowest BCUT2D eigenvalue weighted by atomic mass is 9.90. The maximum absolute atomic E-state index is 13.9. The van der Waals surface area contributed by atoms with Crippen LogP contribution in [-0.4, -0.2) is 46.0 Å². The molecule has 6 nitrogen and oxygen atoms in total. The first-order valence-electron chi connectivity index (χ1n) is 9.26. The maximum atomic E-state index is 13.9. The minimum absolute atomic E-state index is 0.352. The smallest absolute Gasteiger partial charge is 0.332 e. The average Bonchev–Trinajstić information content (AvgIpc) is 3.15. The fourth-order valence-corrected chi connectivity index (χ4v) is 5.83. The molecular weight excluding hydrogens is 378 g/mol.